The van der Waals surface area contributed by atoms with Gasteiger partial charge in [-0.05, 0) is 24.2 Å². The second-order valence-electron chi connectivity index (χ2n) is 3.65. The summed E-state index contributed by atoms with van der Waals surface area (Å²) in [5.74, 6) is 1.04. The Morgan fingerprint density at radius 3 is 2.22 bits per heavy atom. The summed E-state index contributed by atoms with van der Waals surface area (Å²) >= 11 is 0. The summed E-state index contributed by atoms with van der Waals surface area (Å²) in [7, 11) is 0. The van der Waals surface area contributed by atoms with E-state index < -0.39 is 0 Å². The second-order valence-corrected chi connectivity index (χ2v) is 3.65. The summed E-state index contributed by atoms with van der Waals surface area (Å²) in [6, 6.07) is 0. The first-order valence-corrected chi connectivity index (χ1v) is 4.23. The third kappa shape index (κ3) is 0.997. The van der Waals surface area contributed by atoms with Gasteiger partial charge in [0, 0.05) is 0 Å². The van der Waals surface area contributed by atoms with Crippen LogP contribution in [0.25, 0.3) is 0 Å². The van der Waals surface area contributed by atoms with Crippen LogP contribution in [0.4, 0.5) is 0 Å². The largest absolute Gasteiger partial charge is 0.0651 e. The number of hydrogen-bond acceptors (Lipinski definition) is 0. The highest BCUT2D eigenvalue weighted by molar-refractivity contribution is 4.89. The molecule has 1 unspecified atom stereocenters. The minimum atomic E-state index is 0.731. The molecule has 1 fully saturated rings. The lowest BCUT2D eigenvalue weighted by atomic mass is 9.59. The van der Waals surface area contributed by atoms with Crippen LogP contribution in [0.1, 0.15) is 46.5 Å². The minimum absolute atomic E-state index is 0.731. The molecule has 1 rings (SSSR count). The fourth-order valence-electron chi connectivity index (χ4n) is 2.00. The molecule has 54 valence electrons. The normalized spacial score (nSPS) is 42.3. The molecule has 1 aliphatic carbocycles. The van der Waals surface area contributed by atoms with Gasteiger partial charge in [0.2, 0.25) is 0 Å². The average molecular weight is 126 g/mol. The van der Waals surface area contributed by atoms with E-state index in [1.165, 1.54) is 25.7 Å². The molecule has 2 atom stereocenters. The Kier molecular flexibility index (Phi) is 1.83. The van der Waals surface area contributed by atoms with Crippen LogP contribution in [0, 0.1) is 11.3 Å². The van der Waals surface area contributed by atoms with E-state index in [2.05, 4.69) is 20.8 Å². The lowest BCUT2D eigenvalue weighted by molar-refractivity contribution is 0.0432. The summed E-state index contributed by atoms with van der Waals surface area (Å²) < 4.78 is 0. The van der Waals surface area contributed by atoms with Gasteiger partial charge in [-0.25, -0.2) is 0 Å². The fourth-order valence-corrected chi connectivity index (χ4v) is 2.00. The Morgan fingerprint density at radius 1 is 1.44 bits per heavy atom. The molecular weight excluding hydrogens is 108 g/mol. The van der Waals surface area contributed by atoms with Gasteiger partial charge in [-0.2, -0.15) is 0 Å². The van der Waals surface area contributed by atoms with E-state index in [4.69, 9.17) is 0 Å². The van der Waals surface area contributed by atoms with Crippen LogP contribution >= 0.6 is 0 Å². The maximum absolute atomic E-state index is 2.44. The second kappa shape index (κ2) is 2.32. The Labute approximate surface area is 58.7 Å². The van der Waals surface area contributed by atoms with E-state index in [1.54, 1.807) is 0 Å². The van der Waals surface area contributed by atoms with Crippen molar-refractivity contribution in [2.24, 2.45) is 11.3 Å². The highest BCUT2D eigenvalue weighted by Gasteiger charge is 2.39. The number of rotatable bonds is 2. The van der Waals surface area contributed by atoms with Crippen LogP contribution in [-0.2, 0) is 0 Å². The van der Waals surface area contributed by atoms with Gasteiger partial charge in [0.05, 0.1) is 0 Å². The minimum Gasteiger partial charge on any atom is -0.0651 e. The SMILES string of the molecule is CCC1CC[C@]1(C)CC. The Bertz CT molecular complexity index is 90.2. The van der Waals surface area contributed by atoms with Crippen LogP contribution in [0.5, 0.6) is 0 Å². The molecule has 0 spiro atoms. The van der Waals surface area contributed by atoms with Crippen molar-refractivity contribution in [2.75, 3.05) is 0 Å². The van der Waals surface area contributed by atoms with Gasteiger partial charge in [-0.3, -0.25) is 0 Å². The maximum Gasteiger partial charge on any atom is -0.0300 e. The van der Waals surface area contributed by atoms with Crippen molar-refractivity contribution >= 4 is 0 Å². The first-order chi connectivity index (χ1) is 4.23. The van der Waals surface area contributed by atoms with Crippen molar-refractivity contribution in [3.8, 4) is 0 Å². The molecule has 1 saturated carbocycles. The van der Waals surface area contributed by atoms with E-state index in [9.17, 15) is 0 Å². The van der Waals surface area contributed by atoms with Crippen LogP contribution in [0.3, 0.4) is 0 Å². The van der Waals surface area contributed by atoms with Crippen molar-refractivity contribution in [3.63, 3.8) is 0 Å². The molecule has 0 aromatic heterocycles. The van der Waals surface area contributed by atoms with Crippen molar-refractivity contribution in [2.45, 2.75) is 46.5 Å². The average Bonchev–Trinajstić information content (AvgIpc) is 1.85. The first-order valence-electron chi connectivity index (χ1n) is 4.23. The topological polar surface area (TPSA) is 0 Å². The van der Waals surface area contributed by atoms with Crippen LogP contribution in [0.15, 0.2) is 0 Å². The summed E-state index contributed by atoms with van der Waals surface area (Å²) in [6.07, 6.45) is 5.73. The zero-order valence-corrected chi connectivity index (χ0v) is 6.91. The highest BCUT2D eigenvalue weighted by atomic mass is 14.4. The van der Waals surface area contributed by atoms with E-state index >= 15 is 0 Å². The lowest BCUT2D eigenvalue weighted by Gasteiger charge is -2.46. The molecule has 9 heavy (non-hydrogen) atoms. The molecular formula is C9H18. The van der Waals surface area contributed by atoms with Crippen molar-refractivity contribution in [1.82, 2.24) is 0 Å². The van der Waals surface area contributed by atoms with Gasteiger partial charge in [0.25, 0.3) is 0 Å². The monoisotopic (exact) mass is 126 g/mol. The summed E-state index contributed by atoms with van der Waals surface area (Å²) in [6.45, 7) is 7.07. The lowest BCUT2D eigenvalue weighted by Crippen LogP contribution is -2.36. The third-order valence-electron chi connectivity index (χ3n) is 3.35. The number of hydrogen-bond donors (Lipinski definition) is 0. The fraction of sp³-hybridized carbons (Fsp3) is 1.00. The van der Waals surface area contributed by atoms with E-state index in [0.29, 0.717) is 0 Å². The van der Waals surface area contributed by atoms with Gasteiger partial charge < -0.3 is 0 Å². The van der Waals surface area contributed by atoms with Gasteiger partial charge in [0.1, 0.15) is 0 Å². The summed E-state index contributed by atoms with van der Waals surface area (Å²) in [5.41, 5.74) is 0.731. The Morgan fingerprint density at radius 2 is 2.11 bits per heavy atom. The molecule has 0 heteroatoms. The van der Waals surface area contributed by atoms with E-state index in [1.807, 2.05) is 0 Å². The summed E-state index contributed by atoms with van der Waals surface area (Å²) in [5, 5.41) is 0. The first kappa shape index (κ1) is 7.11. The van der Waals surface area contributed by atoms with Crippen LogP contribution < -0.4 is 0 Å². The highest BCUT2D eigenvalue weighted by Crippen LogP contribution is 2.50. The van der Waals surface area contributed by atoms with Crippen LogP contribution in [0.2, 0.25) is 0 Å². The Hall–Kier alpha value is 0. The van der Waals surface area contributed by atoms with Crippen LogP contribution in [-0.4, -0.2) is 0 Å². The molecule has 0 radical (unpaired) electrons. The third-order valence-corrected chi connectivity index (χ3v) is 3.35. The quantitative estimate of drug-likeness (QED) is 0.533. The van der Waals surface area contributed by atoms with Crippen molar-refractivity contribution in [1.29, 1.82) is 0 Å². The van der Waals surface area contributed by atoms with Gasteiger partial charge in [0.15, 0.2) is 0 Å². The maximum atomic E-state index is 2.44. The molecule has 0 N–H and O–H groups in total. The summed E-state index contributed by atoms with van der Waals surface area (Å²) in [4.78, 5) is 0. The van der Waals surface area contributed by atoms with Crippen molar-refractivity contribution < 1.29 is 0 Å². The smallest absolute Gasteiger partial charge is 0.0300 e. The molecule has 0 bridgehead atoms. The molecule has 0 aromatic carbocycles. The molecule has 0 aliphatic heterocycles. The molecule has 1 aliphatic rings. The molecule has 0 saturated heterocycles. The Balaban J connectivity index is 2.41. The van der Waals surface area contributed by atoms with Gasteiger partial charge >= 0.3 is 0 Å². The zero-order valence-electron chi connectivity index (χ0n) is 6.91. The predicted molar refractivity (Wildman–Crippen MR) is 41.4 cm³/mol. The van der Waals surface area contributed by atoms with E-state index in [-0.39, 0.29) is 0 Å². The van der Waals surface area contributed by atoms with E-state index in [0.717, 1.165) is 11.3 Å². The standard InChI is InChI=1S/C9H18/c1-4-8-6-7-9(8,3)5-2/h8H,4-7H2,1-3H3/t8?,9-/m0/s1. The molecule has 0 amide bonds. The molecule has 0 aromatic rings. The van der Waals surface area contributed by atoms with Gasteiger partial charge in [-0.1, -0.05) is 33.6 Å². The molecule has 0 nitrogen and oxygen atoms in total. The van der Waals surface area contributed by atoms with Crippen molar-refractivity contribution in [3.05, 3.63) is 0 Å². The predicted octanol–water partition coefficient (Wildman–Crippen LogP) is 3.22. The van der Waals surface area contributed by atoms with Gasteiger partial charge in [-0.15, -0.1) is 0 Å². The zero-order chi connectivity index (χ0) is 6.91. The molecule has 0 heterocycles.